The summed E-state index contributed by atoms with van der Waals surface area (Å²) >= 11 is 2.83. The molecule has 2 atom stereocenters. The van der Waals surface area contributed by atoms with Crippen LogP contribution in [0.25, 0.3) is 0 Å². The highest BCUT2D eigenvalue weighted by molar-refractivity contribution is 8.13. The number of fused-ring (bicyclic) bond motifs is 1. The van der Waals surface area contributed by atoms with Crippen LogP contribution in [0.1, 0.15) is 34.8 Å². The second kappa shape index (κ2) is 8.70. The molecule has 0 aliphatic carbocycles. The quantitative estimate of drug-likeness (QED) is 0.580. The highest BCUT2D eigenvalue weighted by atomic mass is 32.2. The second-order valence-electron chi connectivity index (χ2n) is 8.77. The molecule has 1 unspecified atom stereocenters. The van der Waals surface area contributed by atoms with Gasteiger partial charge in [-0.2, -0.15) is 0 Å². The van der Waals surface area contributed by atoms with Gasteiger partial charge in [0.1, 0.15) is 16.9 Å². The van der Waals surface area contributed by atoms with Crippen molar-refractivity contribution >= 4 is 40.3 Å². The number of nitrogens with zero attached hydrogens (tertiary/aromatic N) is 5. The van der Waals surface area contributed by atoms with Crippen LogP contribution in [0.5, 0.6) is 0 Å². The van der Waals surface area contributed by atoms with E-state index >= 15 is 0 Å². The summed E-state index contributed by atoms with van der Waals surface area (Å²) < 4.78 is 33.0. The van der Waals surface area contributed by atoms with Gasteiger partial charge in [-0.3, -0.25) is 4.79 Å². The van der Waals surface area contributed by atoms with Crippen LogP contribution in [-0.4, -0.2) is 44.3 Å². The molecule has 2 aliphatic heterocycles. The molecular formula is C23H22F2N6OS2. The zero-order valence-corrected chi connectivity index (χ0v) is 20.2. The molecule has 11 heteroatoms. The van der Waals surface area contributed by atoms with E-state index in [4.69, 9.17) is 4.99 Å². The van der Waals surface area contributed by atoms with E-state index in [-0.39, 0.29) is 23.5 Å². The van der Waals surface area contributed by atoms with E-state index in [0.717, 1.165) is 11.1 Å². The molecule has 1 amide bonds. The number of thioether (sulfide) groups is 1. The number of benzene rings is 1. The molecule has 5 rings (SSSR count). The van der Waals surface area contributed by atoms with Gasteiger partial charge in [0.25, 0.3) is 5.91 Å². The first-order chi connectivity index (χ1) is 16.3. The number of halogens is 2. The van der Waals surface area contributed by atoms with Gasteiger partial charge in [0.05, 0.1) is 17.6 Å². The van der Waals surface area contributed by atoms with E-state index in [1.54, 1.807) is 18.3 Å². The molecule has 1 saturated heterocycles. The molecule has 4 heterocycles. The number of hydrogen-bond acceptors (Lipinski definition) is 8. The minimum atomic E-state index is -1.94. The molecule has 34 heavy (non-hydrogen) atoms. The lowest BCUT2D eigenvalue weighted by atomic mass is 9.87. The van der Waals surface area contributed by atoms with Crippen molar-refractivity contribution in [1.29, 1.82) is 0 Å². The van der Waals surface area contributed by atoms with Crippen LogP contribution in [0.3, 0.4) is 0 Å². The summed E-state index contributed by atoms with van der Waals surface area (Å²) in [6, 6.07) is 10.9. The van der Waals surface area contributed by atoms with Crippen molar-refractivity contribution in [3.63, 3.8) is 0 Å². The van der Waals surface area contributed by atoms with Gasteiger partial charge in [0.15, 0.2) is 11.0 Å². The summed E-state index contributed by atoms with van der Waals surface area (Å²) in [5.74, 6) is 0.0347. The number of amides is 1. The predicted octanol–water partition coefficient (Wildman–Crippen LogP) is 4.14. The maximum absolute atomic E-state index is 14.5. The van der Waals surface area contributed by atoms with E-state index in [2.05, 4.69) is 19.7 Å². The van der Waals surface area contributed by atoms with Crippen LogP contribution >= 0.6 is 23.3 Å². The molecule has 176 valence electrons. The molecule has 1 aromatic carbocycles. The number of aromatic nitrogens is 3. The number of alkyl halides is 1. The number of carbonyl (C=O) groups is 1. The van der Waals surface area contributed by atoms with E-state index in [0.29, 0.717) is 29.6 Å². The number of anilines is 1. The van der Waals surface area contributed by atoms with Crippen LogP contribution < -0.4 is 10.2 Å². The third-order valence-electron chi connectivity index (χ3n) is 5.97. The van der Waals surface area contributed by atoms with E-state index < -0.39 is 17.0 Å². The Hall–Kier alpha value is -2.92. The largest absolute Gasteiger partial charge is 0.338 e. The summed E-state index contributed by atoms with van der Waals surface area (Å²) in [5, 5.41) is 3.47. The van der Waals surface area contributed by atoms with Gasteiger partial charge in [-0.15, -0.1) is 0 Å². The highest BCUT2D eigenvalue weighted by Gasteiger charge is 2.52. The van der Waals surface area contributed by atoms with Crippen molar-refractivity contribution in [3.8, 4) is 0 Å². The number of hydrogen-bond donors (Lipinski definition) is 1. The number of nitrogens with one attached hydrogen (secondary N) is 1. The Bertz CT molecular complexity index is 1230. The molecule has 2 aromatic heterocycles. The molecule has 1 fully saturated rings. The first-order valence-corrected chi connectivity index (χ1v) is 12.5. The fraction of sp³-hybridized carbons (Fsp3) is 0.348. The van der Waals surface area contributed by atoms with Gasteiger partial charge < -0.3 is 10.2 Å². The Morgan fingerprint density at radius 1 is 1.26 bits per heavy atom. The van der Waals surface area contributed by atoms with Crippen molar-refractivity contribution in [2.45, 2.75) is 25.1 Å². The van der Waals surface area contributed by atoms with Gasteiger partial charge in [-0.1, -0.05) is 30.0 Å². The minimum absolute atomic E-state index is 0.0748. The van der Waals surface area contributed by atoms with Crippen LogP contribution in [0.4, 0.5) is 14.7 Å². The number of aliphatic imine (C=N–C) groups is 1. The van der Waals surface area contributed by atoms with Crippen LogP contribution in [-0.2, 0) is 11.2 Å². The number of rotatable bonds is 4. The summed E-state index contributed by atoms with van der Waals surface area (Å²) in [6.45, 7) is 3.51. The van der Waals surface area contributed by atoms with Gasteiger partial charge >= 0.3 is 0 Å². The molecule has 0 radical (unpaired) electrons. The highest BCUT2D eigenvalue weighted by Crippen LogP contribution is 2.47. The van der Waals surface area contributed by atoms with Crippen LogP contribution in [0, 0.1) is 11.7 Å². The van der Waals surface area contributed by atoms with E-state index in [1.165, 1.54) is 37.1 Å². The summed E-state index contributed by atoms with van der Waals surface area (Å²) in [5.41, 5.74) is -2.33. The SMILES string of the molecule is CC(C)(F)c1nc(N2C[C@H]3CSC(NC(=O)c4ccccc4)=NC3(c3ccns3)C2)ncc1F. The molecule has 1 N–H and O–H groups in total. The summed E-state index contributed by atoms with van der Waals surface area (Å²) in [4.78, 5) is 29.0. The van der Waals surface area contributed by atoms with Crippen molar-refractivity contribution in [2.24, 2.45) is 10.9 Å². The molecule has 0 saturated carbocycles. The van der Waals surface area contributed by atoms with Crippen LogP contribution in [0.15, 0.2) is 53.8 Å². The summed E-state index contributed by atoms with van der Waals surface area (Å²) in [6.07, 6.45) is 2.75. The van der Waals surface area contributed by atoms with Gasteiger partial charge in [-0.05, 0) is 43.6 Å². The molecule has 2 aliphatic rings. The van der Waals surface area contributed by atoms with Gasteiger partial charge in [0, 0.05) is 30.0 Å². The van der Waals surface area contributed by atoms with Crippen molar-refractivity contribution in [2.75, 3.05) is 23.7 Å². The van der Waals surface area contributed by atoms with Crippen LogP contribution in [0.2, 0.25) is 0 Å². The Kier molecular flexibility index (Phi) is 5.85. The molecule has 7 nitrogen and oxygen atoms in total. The average Bonchev–Trinajstić information content (AvgIpc) is 3.48. The Morgan fingerprint density at radius 3 is 2.76 bits per heavy atom. The Morgan fingerprint density at radius 2 is 2.06 bits per heavy atom. The fourth-order valence-electron chi connectivity index (χ4n) is 4.29. The predicted molar refractivity (Wildman–Crippen MR) is 129 cm³/mol. The maximum atomic E-state index is 14.5. The molecular weight excluding hydrogens is 478 g/mol. The first-order valence-electron chi connectivity index (χ1n) is 10.7. The third kappa shape index (κ3) is 4.18. The van der Waals surface area contributed by atoms with Crippen molar-refractivity contribution in [3.05, 3.63) is 70.7 Å². The fourth-order valence-corrected chi connectivity index (χ4v) is 6.21. The lowest BCUT2D eigenvalue weighted by Gasteiger charge is -2.33. The minimum Gasteiger partial charge on any atom is -0.338 e. The molecule has 3 aromatic rings. The normalized spacial score (nSPS) is 22.3. The van der Waals surface area contributed by atoms with Gasteiger partial charge in [0.2, 0.25) is 5.95 Å². The Balaban J connectivity index is 1.48. The second-order valence-corrected chi connectivity index (χ2v) is 10.6. The lowest BCUT2D eigenvalue weighted by molar-refractivity contribution is 0.0977. The monoisotopic (exact) mass is 500 g/mol. The number of amidine groups is 1. The van der Waals surface area contributed by atoms with E-state index in [1.807, 2.05) is 29.2 Å². The Labute approximate surface area is 203 Å². The van der Waals surface area contributed by atoms with E-state index in [9.17, 15) is 13.6 Å². The first kappa shape index (κ1) is 22.9. The lowest BCUT2D eigenvalue weighted by Crippen LogP contribution is -2.42. The van der Waals surface area contributed by atoms with Crippen molar-refractivity contribution < 1.29 is 13.6 Å². The zero-order valence-electron chi connectivity index (χ0n) is 18.5. The topological polar surface area (TPSA) is 83.4 Å². The number of carbonyl (C=O) groups excluding carboxylic acids is 1. The molecule has 0 spiro atoms. The molecule has 0 bridgehead atoms. The summed E-state index contributed by atoms with van der Waals surface area (Å²) in [7, 11) is 0. The smallest absolute Gasteiger partial charge is 0.257 e. The average molecular weight is 501 g/mol. The van der Waals surface area contributed by atoms with Gasteiger partial charge in [-0.25, -0.2) is 28.1 Å². The van der Waals surface area contributed by atoms with Crippen molar-refractivity contribution in [1.82, 2.24) is 19.7 Å². The standard InChI is InChI=1S/C23H22F2N6OS2/c1-22(2,25)18-16(24)10-26-20(28-18)31-11-15-12-33-21(29-19(32)14-6-4-3-5-7-14)30-23(15,13-31)17-8-9-27-34-17/h3-10,15H,11-13H2,1-2H3,(H,29,30,32)/t15-,23?/m0/s1. The maximum Gasteiger partial charge on any atom is 0.257 e. The zero-order chi connectivity index (χ0) is 23.9. The third-order valence-corrected chi connectivity index (χ3v) is 7.92.